The highest BCUT2D eigenvalue weighted by molar-refractivity contribution is 5.00. The molecule has 0 aromatic rings. The standard InChI is InChI=1S/C12H23NO/c1-2-14-6-5-12(9-13)8-10-3-4-11(12)7-10/h10-11H,2-9,13H2,1H3. The van der Waals surface area contributed by atoms with Gasteiger partial charge in [-0.2, -0.15) is 0 Å². The zero-order valence-corrected chi connectivity index (χ0v) is 9.30. The van der Waals surface area contributed by atoms with Crippen LogP contribution in [0.25, 0.3) is 0 Å². The van der Waals surface area contributed by atoms with Crippen molar-refractivity contribution >= 4 is 0 Å². The topological polar surface area (TPSA) is 35.2 Å². The third-order valence-electron chi connectivity index (χ3n) is 4.46. The van der Waals surface area contributed by atoms with Gasteiger partial charge in [-0.15, -0.1) is 0 Å². The molecule has 0 heterocycles. The van der Waals surface area contributed by atoms with Crippen LogP contribution in [0.2, 0.25) is 0 Å². The largest absolute Gasteiger partial charge is 0.382 e. The first-order chi connectivity index (χ1) is 6.80. The van der Waals surface area contributed by atoms with Crippen LogP contribution in [-0.4, -0.2) is 19.8 Å². The van der Waals surface area contributed by atoms with E-state index in [-0.39, 0.29) is 0 Å². The van der Waals surface area contributed by atoms with E-state index in [4.69, 9.17) is 10.5 Å². The van der Waals surface area contributed by atoms with Crippen LogP contribution in [0, 0.1) is 17.3 Å². The average Bonchev–Trinajstić information content (AvgIpc) is 2.78. The summed E-state index contributed by atoms with van der Waals surface area (Å²) >= 11 is 0. The van der Waals surface area contributed by atoms with Crippen molar-refractivity contribution in [2.45, 2.75) is 39.0 Å². The first kappa shape index (κ1) is 10.4. The number of hydrogen-bond donors (Lipinski definition) is 1. The lowest BCUT2D eigenvalue weighted by molar-refractivity contribution is 0.0742. The van der Waals surface area contributed by atoms with Crippen LogP contribution in [0.3, 0.4) is 0 Å². The molecule has 0 aromatic heterocycles. The third-order valence-corrected chi connectivity index (χ3v) is 4.46. The first-order valence-corrected chi connectivity index (χ1v) is 6.08. The Balaban J connectivity index is 1.90. The quantitative estimate of drug-likeness (QED) is 0.686. The van der Waals surface area contributed by atoms with Gasteiger partial charge in [0.2, 0.25) is 0 Å². The Morgan fingerprint density at radius 3 is 2.79 bits per heavy atom. The second-order valence-electron chi connectivity index (χ2n) is 5.09. The second-order valence-corrected chi connectivity index (χ2v) is 5.09. The summed E-state index contributed by atoms with van der Waals surface area (Å²) in [4.78, 5) is 0. The Hall–Kier alpha value is -0.0800. The van der Waals surface area contributed by atoms with E-state index in [1.54, 1.807) is 0 Å². The molecule has 2 saturated carbocycles. The van der Waals surface area contributed by atoms with Gasteiger partial charge in [0, 0.05) is 13.2 Å². The van der Waals surface area contributed by atoms with Gasteiger partial charge >= 0.3 is 0 Å². The highest BCUT2D eigenvalue weighted by atomic mass is 16.5. The predicted molar refractivity (Wildman–Crippen MR) is 58.0 cm³/mol. The fourth-order valence-corrected chi connectivity index (χ4v) is 3.64. The van der Waals surface area contributed by atoms with Crippen LogP contribution in [-0.2, 0) is 4.74 Å². The highest BCUT2D eigenvalue weighted by Crippen LogP contribution is 2.57. The molecule has 0 saturated heterocycles. The molecule has 2 heteroatoms. The van der Waals surface area contributed by atoms with E-state index in [1.807, 2.05) is 0 Å². The Morgan fingerprint density at radius 1 is 1.43 bits per heavy atom. The van der Waals surface area contributed by atoms with Gasteiger partial charge in [0.1, 0.15) is 0 Å². The zero-order chi connectivity index (χ0) is 10.0. The number of rotatable bonds is 5. The van der Waals surface area contributed by atoms with Crippen LogP contribution in [0.1, 0.15) is 39.0 Å². The van der Waals surface area contributed by atoms with E-state index in [0.29, 0.717) is 5.41 Å². The predicted octanol–water partition coefficient (Wildman–Crippen LogP) is 2.18. The second kappa shape index (κ2) is 4.19. The zero-order valence-electron chi connectivity index (χ0n) is 9.30. The molecule has 2 aliphatic rings. The van der Waals surface area contributed by atoms with Crippen molar-refractivity contribution in [2.75, 3.05) is 19.8 Å². The molecule has 3 atom stereocenters. The van der Waals surface area contributed by atoms with E-state index in [9.17, 15) is 0 Å². The summed E-state index contributed by atoms with van der Waals surface area (Å²) in [6.07, 6.45) is 6.90. The van der Waals surface area contributed by atoms with Crippen LogP contribution in [0.4, 0.5) is 0 Å². The minimum atomic E-state index is 0.456. The van der Waals surface area contributed by atoms with Crippen LogP contribution in [0.5, 0.6) is 0 Å². The lowest BCUT2D eigenvalue weighted by Gasteiger charge is -2.36. The summed E-state index contributed by atoms with van der Waals surface area (Å²) in [5.41, 5.74) is 6.44. The molecule has 2 nitrogen and oxygen atoms in total. The summed E-state index contributed by atoms with van der Waals surface area (Å²) in [6, 6.07) is 0. The Kier molecular flexibility index (Phi) is 3.13. The van der Waals surface area contributed by atoms with Crippen molar-refractivity contribution < 1.29 is 4.74 Å². The van der Waals surface area contributed by atoms with Crippen molar-refractivity contribution in [3.63, 3.8) is 0 Å². The minimum absolute atomic E-state index is 0.456. The number of hydrogen-bond acceptors (Lipinski definition) is 2. The summed E-state index contributed by atoms with van der Waals surface area (Å²) in [6.45, 7) is 4.70. The summed E-state index contributed by atoms with van der Waals surface area (Å²) in [5.74, 6) is 1.91. The monoisotopic (exact) mass is 197 g/mol. The average molecular weight is 197 g/mol. The van der Waals surface area contributed by atoms with Gasteiger partial charge in [-0.3, -0.25) is 0 Å². The SMILES string of the molecule is CCOCCC1(CN)CC2CCC1C2. The normalized spacial score (nSPS) is 40.7. The first-order valence-electron chi connectivity index (χ1n) is 6.08. The molecule has 2 rings (SSSR count). The van der Waals surface area contributed by atoms with E-state index < -0.39 is 0 Å². The van der Waals surface area contributed by atoms with Gasteiger partial charge in [-0.1, -0.05) is 6.42 Å². The smallest absolute Gasteiger partial charge is 0.0471 e. The van der Waals surface area contributed by atoms with Crippen molar-refractivity contribution in [3.8, 4) is 0 Å². The molecule has 2 fully saturated rings. The fraction of sp³-hybridized carbons (Fsp3) is 1.00. The highest BCUT2D eigenvalue weighted by Gasteiger charge is 2.49. The molecule has 0 aliphatic heterocycles. The Labute approximate surface area is 87.2 Å². The number of ether oxygens (including phenoxy) is 1. The third kappa shape index (κ3) is 1.70. The number of fused-ring (bicyclic) bond motifs is 2. The van der Waals surface area contributed by atoms with Gasteiger partial charge in [0.15, 0.2) is 0 Å². The molecule has 2 N–H and O–H groups in total. The molecule has 82 valence electrons. The lowest BCUT2D eigenvalue weighted by Crippen LogP contribution is -2.36. The molecular weight excluding hydrogens is 174 g/mol. The van der Waals surface area contributed by atoms with E-state index in [0.717, 1.165) is 31.6 Å². The van der Waals surface area contributed by atoms with Crippen LogP contribution >= 0.6 is 0 Å². The van der Waals surface area contributed by atoms with Gasteiger partial charge in [0.05, 0.1) is 0 Å². The number of nitrogens with two attached hydrogens (primary N) is 1. The van der Waals surface area contributed by atoms with Crippen LogP contribution < -0.4 is 5.73 Å². The van der Waals surface area contributed by atoms with E-state index in [1.165, 1.54) is 32.1 Å². The molecule has 2 aliphatic carbocycles. The van der Waals surface area contributed by atoms with Crippen molar-refractivity contribution in [3.05, 3.63) is 0 Å². The van der Waals surface area contributed by atoms with Crippen LogP contribution in [0.15, 0.2) is 0 Å². The van der Waals surface area contributed by atoms with Gasteiger partial charge in [0.25, 0.3) is 0 Å². The van der Waals surface area contributed by atoms with Crippen molar-refractivity contribution in [2.24, 2.45) is 23.0 Å². The van der Waals surface area contributed by atoms with Gasteiger partial charge < -0.3 is 10.5 Å². The Morgan fingerprint density at radius 2 is 2.29 bits per heavy atom. The minimum Gasteiger partial charge on any atom is -0.382 e. The van der Waals surface area contributed by atoms with Gasteiger partial charge in [-0.05, 0) is 56.4 Å². The summed E-state index contributed by atoms with van der Waals surface area (Å²) < 4.78 is 5.47. The van der Waals surface area contributed by atoms with Crippen molar-refractivity contribution in [1.82, 2.24) is 0 Å². The van der Waals surface area contributed by atoms with E-state index >= 15 is 0 Å². The summed E-state index contributed by atoms with van der Waals surface area (Å²) in [7, 11) is 0. The molecule has 2 bridgehead atoms. The molecule has 0 radical (unpaired) electrons. The van der Waals surface area contributed by atoms with E-state index in [2.05, 4.69) is 6.92 Å². The molecule has 3 unspecified atom stereocenters. The molecular formula is C12H23NO. The maximum absolute atomic E-state index is 5.98. The van der Waals surface area contributed by atoms with Crippen molar-refractivity contribution in [1.29, 1.82) is 0 Å². The molecule has 0 aromatic carbocycles. The lowest BCUT2D eigenvalue weighted by atomic mass is 9.71. The maximum atomic E-state index is 5.98. The Bertz CT molecular complexity index is 195. The fourth-order valence-electron chi connectivity index (χ4n) is 3.64. The van der Waals surface area contributed by atoms with Gasteiger partial charge in [-0.25, -0.2) is 0 Å². The molecule has 14 heavy (non-hydrogen) atoms. The summed E-state index contributed by atoms with van der Waals surface area (Å²) in [5, 5.41) is 0. The maximum Gasteiger partial charge on any atom is 0.0471 e. The molecule has 0 spiro atoms. The molecule has 0 amide bonds.